The summed E-state index contributed by atoms with van der Waals surface area (Å²) < 4.78 is 5.44. The van der Waals surface area contributed by atoms with Gasteiger partial charge < -0.3 is 14.5 Å². The van der Waals surface area contributed by atoms with E-state index in [0.717, 1.165) is 43.4 Å². The standard InChI is InChI=1S/C16H17Cl2N3O/c1-22-15-5-3-2-4-14(15)20-6-8-21(9-7-20)16-13(18)10-12(17)11-19-16/h2-5,10-11H,6-9H2,1H3. The molecule has 1 aromatic heterocycles. The Morgan fingerprint density at radius 3 is 2.41 bits per heavy atom. The largest absolute Gasteiger partial charge is 0.495 e. The summed E-state index contributed by atoms with van der Waals surface area (Å²) in [6.07, 6.45) is 1.63. The Hall–Kier alpha value is -1.65. The van der Waals surface area contributed by atoms with Gasteiger partial charge in [-0.1, -0.05) is 35.3 Å². The molecular formula is C16H17Cl2N3O. The molecule has 0 bridgehead atoms. The van der Waals surface area contributed by atoms with Gasteiger partial charge in [0.25, 0.3) is 0 Å². The van der Waals surface area contributed by atoms with Crippen LogP contribution in [0, 0.1) is 0 Å². The fourth-order valence-corrected chi connectivity index (χ4v) is 3.19. The van der Waals surface area contributed by atoms with Crippen molar-refractivity contribution in [1.82, 2.24) is 4.98 Å². The minimum absolute atomic E-state index is 0.557. The average Bonchev–Trinajstić information content (AvgIpc) is 2.55. The molecule has 0 N–H and O–H groups in total. The normalized spacial score (nSPS) is 15.0. The van der Waals surface area contributed by atoms with Gasteiger partial charge in [-0.2, -0.15) is 0 Å². The fraction of sp³-hybridized carbons (Fsp3) is 0.312. The summed E-state index contributed by atoms with van der Waals surface area (Å²) in [6.45, 7) is 3.49. The van der Waals surface area contributed by atoms with E-state index in [1.54, 1.807) is 19.4 Å². The quantitative estimate of drug-likeness (QED) is 0.853. The smallest absolute Gasteiger partial charge is 0.147 e. The lowest BCUT2D eigenvalue weighted by molar-refractivity contribution is 0.413. The lowest BCUT2D eigenvalue weighted by Gasteiger charge is -2.37. The molecule has 4 nitrogen and oxygen atoms in total. The zero-order valence-electron chi connectivity index (χ0n) is 12.3. The van der Waals surface area contributed by atoms with E-state index in [0.29, 0.717) is 10.0 Å². The molecule has 0 atom stereocenters. The van der Waals surface area contributed by atoms with Crippen LogP contribution >= 0.6 is 23.2 Å². The maximum absolute atomic E-state index is 6.24. The maximum atomic E-state index is 6.24. The van der Waals surface area contributed by atoms with E-state index < -0.39 is 0 Å². The van der Waals surface area contributed by atoms with Crippen molar-refractivity contribution >= 4 is 34.7 Å². The van der Waals surface area contributed by atoms with Crippen LogP contribution in [0.2, 0.25) is 10.0 Å². The van der Waals surface area contributed by atoms with E-state index >= 15 is 0 Å². The van der Waals surface area contributed by atoms with E-state index in [-0.39, 0.29) is 0 Å². The summed E-state index contributed by atoms with van der Waals surface area (Å²) in [6, 6.07) is 9.82. The van der Waals surface area contributed by atoms with Crippen molar-refractivity contribution in [2.45, 2.75) is 0 Å². The Balaban J connectivity index is 1.72. The molecule has 22 heavy (non-hydrogen) atoms. The van der Waals surface area contributed by atoms with Gasteiger partial charge in [0.05, 0.1) is 22.8 Å². The molecular weight excluding hydrogens is 321 g/mol. The Labute approximate surface area is 140 Å². The highest BCUT2D eigenvalue weighted by molar-refractivity contribution is 6.36. The summed E-state index contributed by atoms with van der Waals surface area (Å²) in [5.74, 6) is 1.70. The Morgan fingerprint density at radius 1 is 1.05 bits per heavy atom. The fourth-order valence-electron chi connectivity index (χ4n) is 2.69. The number of halogens is 2. The van der Waals surface area contributed by atoms with Crippen molar-refractivity contribution in [1.29, 1.82) is 0 Å². The van der Waals surface area contributed by atoms with Crippen LogP contribution in [0.25, 0.3) is 0 Å². The highest BCUT2D eigenvalue weighted by Crippen LogP contribution is 2.31. The highest BCUT2D eigenvalue weighted by atomic mass is 35.5. The first-order valence-electron chi connectivity index (χ1n) is 7.13. The Kier molecular flexibility index (Phi) is 4.60. The van der Waals surface area contributed by atoms with E-state index in [2.05, 4.69) is 20.9 Å². The Morgan fingerprint density at radius 2 is 1.73 bits per heavy atom. The van der Waals surface area contributed by atoms with E-state index in [4.69, 9.17) is 27.9 Å². The summed E-state index contributed by atoms with van der Waals surface area (Å²) in [4.78, 5) is 8.86. The van der Waals surface area contributed by atoms with Gasteiger partial charge in [0.1, 0.15) is 11.6 Å². The van der Waals surface area contributed by atoms with E-state index in [1.165, 1.54) is 0 Å². The average molecular weight is 338 g/mol. The van der Waals surface area contributed by atoms with Crippen LogP contribution in [-0.2, 0) is 0 Å². The number of aromatic nitrogens is 1. The Bertz CT molecular complexity index is 658. The maximum Gasteiger partial charge on any atom is 0.147 e. The molecule has 0 spiro atoms. The first kappa shape index (κ1) is 15.3. The molecule has 116 valence electrons. The highest BCUT2D eigenvalue weighted by Gasteiger charge is 2.21. The summed E-state index contributed by atoms with van der Waals surface area (Å²) >= 11 is 12.1. The van der Waals surface area contributed by atoms with Crippen molar-refractivity contribution < 1.29 is 4.74 Å². The summed E-state index contributed by atoms with van der Waals surface area (Å²) in [7, 11) is 1.70. The second kappa shape index (κ2) is 6.63. The van der Waals surface area contributed by atoms with E-state index in [1.807, 2.05) is 18.2 Å². The van der Waals surface area contributed by atoms with Crippen molar-refractivity contribution in [3.05, 3.63) is 46.6 Å². The van der Waals surface area contributed by atoms with Gasteiger partial charge in [0.2, 0.25) is 0 Å². The molecule has 6 heteroatoms. The SMILES string of the molecule is COc1ccccc1N1CCN(c2ncc(Cl)cc2Cl)CC1. The summed E-state index contributed by atoms with van der Waals surface area (Å²) in [5, 5.41) is 1.15. The molecule has 2 aromatic rings. The van der Waals surface area contributed by atoms with Gasteiger partial charge in [-0.05, 0) is 18.2 Å². The molecule has 1 fully saturated rings. The van der Waals surface area contributed by atoms with E-state index in [9.17, 15) is 0 Å². The number of pyridine rings is 1. The molecule has 0 aliphatic carbocycles. The lowest BCUT2D eigenvalue weighted by Crippen LogP contribution is -2.47. The van der Waals surface area contributed by atoms with Crippen molar-refractivity contribution in [2.75, 3.05) is 43.1 Å². The molecule has 0 radical (unpaired) electrons. The molecule has 3 rings (SSSR count). The molecule has 1 aromatic carbocycles. The summed E-state index contributed by atoms with van der Waals surface area (Å²) in [5.41, 5.74) is 1.12. The molecule has 1 saturated heterocycles. The van der Waals surface area contributed by atoms with Crippen molar-refractivity contribution in [3.8, 4) is 5.75 Å². The third kappa shape index (κ3) is 3.08. The second-order valence-corrected chi connectivity index (χ2v) is 5.95. The zero-order chi connectivity index (χ0) is 15.5. The molecule has 2 heterocycles. The number of para-hydroxylation sites is 2. The molecule has 1 aliphatic heterocycles. The second-order valence-electron chi connectivity index (χ2n) is 5.10. The monoisotopic (exact) mass is 337 g/mol. The predicted octanol–water partition coefficient (Wildman–Crippen LogP) is 3.72. The van der Waals surface area contributed by atoms with Crippen LogP contribution in [0.3, 0.4) is 0 Å². The van der Waals surface area contributed by atoms with Gasteiger partial charge in [-0.3, -0.25) is 0 Å². The third-order valence-electron chi connectivity index (χ3n) is 3.79. The number of hydrogen-bond acceptors (Lipinski definition) is 4. The number of anilines is 2. The topological polar surface area (TPSA) is 28.6 Å². The molecule has 0 unspecified atom stereocenters. The molecule has 0 amide bonds. The number of benzene rings is 1. The molecule has 1 aliphatic rings. The number of ether oxygens (including phenoxy) is 1. The van der Waals surface area contributed by atoms with Crippen LogP contribution in [0.5, 0.6) is 5.75 Å². The minimum atomic E-state index is 0.557. The van der Waals surface area contributed by atoms with Crippen LogP contribution in [-0.4, -0.2) is 38.3 Å². The van der Waals surface area contributed by atoms with Crippen molar-refractivity contribution in [3.63, 3.8) is 0 Å². The lowest BCUT2D eigenvalue weighted by atomic mass is 10.2. The van der Waals surface area contributed by atoms with Crippen LogP contribution in [0.1, 0.15) is 0 Å². The van der Waals surface area contributed by atoms with Gasteiger partial charge in [-0.15, -0.1) is 0 Å². The van der Waals surface area contributed by atoms with Crippen LogP contribution < -0.4 is 14.5 Å². The first-order valence-corrected chi connectivity index (χ1v) is 7.88. The molecule has 0 saturated carbocycles. The minimum Gasteiger partial charge on any atom is -0.495 e. The first-order chi connectivity index (χ1) is 10.7. The number of hydrogen-bond donors (Lipinski definition) is 0. The number of rotatable bonds is 3. The zero-order valence-corrected chi connectivity index (χ0v) is 13.8. The number of piperazine rings is 1. The van der Waals surface area contributed by atoms with Gasteiger partial charge in [0.15, 0.2) is 0 Å². The van der Waals surface area contributed by atoms with Crippen LogP contribution in [0.15, 0.2) is 36.5 Å². The third-order valence-corrected chi connectivity index (χ3v) is 4.28. The van der Waals surface area contributed by atoms with Gasteiger partial charge in [-0.25, -0.2) is 4.98 Å². The van der Waals surface area contributed by atoms with Crippen molar-refractivity contribution in [2.24, 2.45) is 0 Å². The predicted molar refractivity (Wildman–Crippen MR) is 91.7 cm³/mol. The van der Waals surface area contributed by atoms with Crippen LogP contribution in [0.4, 0.5) is 11.5 Å². The van der Waals surface area contributed by atoms with Gasteiger partial charge in [0, 0.05) is 32.4 Å². The van der Waals surface area contributed by atoms with Gasteiger partial charge >= 0.3 is 0 Å². The number of methoxy groups -OCH3 is 1. The number of nitrogens with zero attached hydrogens (tertiary/aromatic N) is 3.